The van der Waals surface area contributed by atoms with Crippen molar-refractivity contribution in [3.63, 3.8) is 0 Å². The fourth-order valence-corrected chi connectivity index (χ4v) is 2.74. The van der Waals surface area contributed by atoms with Crippen LogP contribution >= 0.6 is 0 Å². The van der Waals surface area contributed by atoms with Gasteiger partial charge >= 0.3 is 0 Å². The highest BCUT2D eigenvalue weighted by Crippen LogP contribution is 2.17. The van der Waals surface area contributed by atoms with Gasteiger partial charge in [0.2, 0.25) is 17.6 Å². The molecular formula is C18H24N4O3. The highest BCUT2D eigenvalue weighted by atomic mass is 16.5. The van der Waals surface area contributed by atoms with Crippen LogP contribution in [0.4, 0.5) is 0 Å². The number of aromatic nitrogens is 2. The number of carbonyl (C=O) groups is 1. The summed E-state index contributed by atoms with van der Waals surface area (Å²) >= 11 is 0. The van der Waals surface area contributed by atoms with E-state index in [1.54, 1.807) is 0 Å². The van der Waals surface area contributed by atoms with E-state index in [0.717, 1.165) is 44.0 Å². The summed E-state index contributed by atoms with van der Waals surface area (Å²) in [5.74, 6) is 1.05. The lowest BCUT2D eigenvalue weighted by atomic mass is 10.1. The number of nitrogens with one attached hydrogen (secondary N) is 1. The first kappa shape index (κ1) is 17.6. The van der Waals surface area contributed by atoms with Crippen molar-refractivity contribution in [2.75, 3.05) is 39.4 Å². The number of benzene rings is 1. The molecule has 0 spiro atoms. The molecule has 1 aliphatic heterocycles. The van der Waals surface area contributed by atoms with E-state index in [9.17, 15) is 4.79 Å². The van der Waals surface area contributed by atoms with Crippen LogP contribution in [0.25, 0.3) is 11.4 Å². The van der Waals surface area contributed by atoms with Gasteiger partial charge in [-0.25, -0.2) is 0 Å². The third-order valence-corrected chi connectivity index (χ3v) is 4.16. The molecule has 1 aliphatic rings. The van der Waals surface area contributed by atoms with Gasteiger partial charge in [-0.3, -0.25) is 9.69 Å². The van der Waals surface area contributed by atoms with Gasteiger partial charge in [-0.15, -0.1) is 0 Å². The second-order valence-electron chi connectivity index (χ2n) is 6.19. The molecule has 3 rings (SSSR count). The van der Waals surface area contributed by atoms with Gasteiger partial charge in [-0.05, 0) is 13.0 Å². The Labute approximate surface area is 147 Å². The van der Waals surface area contributed by atoms with Crippen molar-refractivity contribution < 1.29 is 14.1 Å². The van der Waals surface area contributed by atoms with E-state index in [0.29, 0.717) is 31.1 Å². The van der Waals surface area contributed by atoms with Crippen molar-refractivity contribution in [1.29, 1.82) is 0 Å². The maximum atomic E-state index is 11.9. The zero-order chi connectivity index (χ0) is 17.5. The van der Waals surface area contributed by atoms with E-state index in [2.05, 4.69) is 20.4 Å². The van der Waals surface area contributed by atoms with Crippen LogP contribution in [0.2, 0.25) is 0 Å². The minimum absolute atomic E-state index is 0.00330. The molecule has 2 aromatic rings. The number of aryl methyl sites for hydroxylation is 2. The van der Waals surface area contributed by atoms with Crippen molar-refractivity contribution in [1.82, 2.24) is 20.4 Å². The largest absolute Gasteiger partial charge is 0.379 e. The van der Waals surface area contributed by atoms with Crippen LogP contribution < -0.4 is 5.32 Å². The predicted molar refractivity (Wildman–Crippen MR) is 93.1 cm³/mol. The molecule has 134 valence electrons. The smallest absolute Gasteiger partial charge is 0.227 e. The Morgan fingerprint density at radius 3 is 2.96 bits per heavy atom. The number of amides is 1. The van der Waals surface area contributed by atoms with Crippen LogP contribution in [0.5, 0.6) is 0 Å². The number of rotatable bonds is 7. The van der Waals surface area contributed by atoms with Crippen LogP contribution in [-0.4, -0.2) is 60.3 Å². The average Bonchev–Trinajstić information content (AvgIpc) is 3.10. The molecule has 0 bridgehead atoms. The quantitative estimate of drug-likeness (QED) is 0.818. The van der Waals surface area contributed by atoms with Gasteiger partial charge in [0.25, 0.3) is 0 Å². The number of hydrogen-bond acceptors (Lipinski definition) is 6. The number of morpholine rings is 1. The molecule has 1 saturated heterocycles. The summed E-state index contributed by atoms with van der Waals surface area (Å²) in [7, 11) is 0. The Morgan fingerprint density at radius 1 is 1.32 bits per heavy atom. The van der Waals surface area contributed by atoms with Gasteiger partial charge in [-0.1, -0.05) is 28.9 Å². The minimum atomic E-state index is 0.00330. The molecule has 1 N–H and O–H groups in total. The summed E-state index contributed by atoms with van der Waals surface area (Å²) in [6.45, 7) is 6.93. The maximum Gasteiger partial charge on any atom is 0.227 e. The molecule has 7 heteroatoms. The van der Waals surface area contributed by atoms with Crippen LogP contribution in [0, 0.1) is 6.92 Å². The Balaban J connectivity index is 1.40. The first-order valence-electron chi connectivity index (χ1n) is 8.67. The maximum absolute atomic E-state index is 11.9. The second kappa shape index (κ2) is 8.73. The molecule has 1 fully saturated rings. The number of ether oxygens (including phenoxy) is 1. The van der Waals surface area contributed by atoms with Crippen molar-refractivity contribution in [2.24, 2.45) is 0 Å². The molecule has 0 atom stereocenters. The Bertz CT molecular complexity index is 695. The molecule has 25 heavy (non-hydrogen) atoms. The van der Waals surface area contributed by atoms with Crippen molar-refractivity contribution in [2.45, 2.75) is 19.8 Å². The van der Waals surface area contributed by atoms with E-state index in [1.807, 2.05) is 31.2 Å². The molecule has 2 heterocycles. The topological polar surface area (TPSA) is 80.5 Å². The fourth-order valence-electron chi connectivity index (χ4n) is 2.74. The predicted octanol–water partition coefficient (Wildman–Crippen LogP) is 1.43. The first-order valence-corrected chi connectivity index (χ1v) is 8.67. The Kier molecular flexibility index (Phi) is 6.14. The zero-order valence-corrected chi connectivity index (χ0v) is 14.5. The van der Waals surface area contributed by atoms with Crippen molar-refractivity contribution >= 4 is 5.91 Å². The third-order valence-electron chi connectivity index (χ3n) is 4.16. The monoisotopic (exact) mass is 344 g/mol. The molecule has 7 nitrogen and oxygen atoms in total. The van der Waals surface area contributed by atoms with E-state index in [-0.39, 0.29) is 5.91 Å². The van der Waals surface area contributed by atoms with Crippen LogP contribution in [0.3, 0.4) is 0 Å². The molecule has 0 aliphatic carbocycles. The molecule has 0 saturated carbocycles. The van der Waals surface area contributed by atoms with Crippen molar-refractivity contribution in [3.05, 3.63) is 35.7 Å². The summed E-state index contributed by atoms with van der Waals surface area (Å²) < 4.78 is 10.5. The fraction of sp³-hybridized carbons (Fsp3) is 0.500. The van der Waals surface area contributed by atoms with Crippen LogP contribution in [-0.2, 0) is 16.0 Å². The molecule has 1 amide bonds. The van der Waals surface area contributed by atoms with Crippen LogP contribution in [0.15, 0.2) is 28.8 Å². The normalized spacial score (nSPS) is 15.2. The zero-order valence-electron chi connectivity index (χ0n) is 14.5. The number of hydrogen-bond donors (Lipinski definition) is 1. The van der Waals surface area contributed by atoms with Gasteiger partial charge < -0.3 is 14.6 Å². The molecule has 1 aromatic carbocycles. The number of carbonyl (C=O) groups excluding carboxylic acids is 1. The van der Waals surface area contributed by atoms with Crippen LogP contribution in [0.1, 0.15) is 17.9 Å². The lowest BCUT2D eigenvalue weighted by molar-refractivity contribution is -0.121. The SMILES string of the molecule is Cc1cccc(-c2noc(CCC(=O)NCCN3CCOCC3)n2)c1. The summed E-state index contributed by atoms with van der Waals surface area (Å²) in [6, 6.07) is 7.93. The Hall–Kier alpha value is -2.25. The van der Waals surface area contributed by atoms with Gasteiger partial charge in [0.05, 0.1) is 13.2 Å². The molecule has 1 aromatic heterocycles. The van der Waals surface area contributed by atoms with E-state index in [4.69, 9.17) is 9.26 Å². The summed E-state index contributed by atoms with van der Waals surface area (Å²) in [4.78, 5) is 18.6. The van der Waals surface area contributed by atoms with E-state index < -0.39 is 0 Å². The van der Waals surface area contributed by atoms with Gasteiger partial charge in [0.1, 0.15) is 0 Å². The van der Waals surface area contributed by atoms with Gasteiger partial charge in [-0.2, -0.15) is 4.98 Å². The van der Waals surface area contributed by atoms with E-state index in [1.165, 1.54) is 0 Å². The molecule has 0 unspecified atom stereocenters. The van der Waals surface area contributed by atoms with Gasteiger partial charge in [0, 0.05) is 44.6 Å². The standard InChI is InChI=1S/C18H24N4O3/c1-14-3-2-4-15(13-14)18-20-17(25-21-18)6-5-16(23)19-7-8-22-9-11-24-12-10-22/h2-4,13H,5-12H2,1H3,(H,19,23). The first-order chi connectivity index (χ1) is 12.2. The molecule has 0 radical (unpaired) electrons. The highest BCUT2D eigenvalue weighted by molar-refractivity contribution is 5.76. The number of nitrogens with zero attached hydrogens (tertiary/aromatic N) is 3. The van der Waals surface area contributed by atoms with Gasteiger partial charge in [0.15, 0.2) is 0 Å². The highest BCUT2D eigenvalue weighted by Gasteiger charge is 2.12. The summed E-state index contributed by atoms with van der Waals surface area (Å²) in [5, 5.41) is 6.93. The average molecular weight is 344 g/mol. The third kappa shape index (κ3) is 5.37. The lowest BCUT2D eigenvalue weighted by Crippen LogP contribution is -2.41. The molecular weight excluding hydrogens is 320 g/mol. The van der Waals surface area contributed by atoms with E-state index >= 15 is 0 Å². The van der Waals surface area contributed by atoms with Crippen molar-refractivity contribution in [3.8, 4) is 11.4 Å². The summed E-state index contributed by atoms with van der Waals surface area (Å²) in [5.41, 5.74) is 2.06. The second-order valence-corrected chi connectivity index (χ2v) is 6.19. The minimum Gasteiger partial charge on any atom is -0.379 e. The summed E-state index contributed by atoms with van der Waals surface area (Å²) in [6.07, 6.45) is 0.792. The Morgan fingerprint density at radius 2 is 2.16 bits per heavy atom. The lowest BCUT2D eigenvalue weighted by Gasteiger charge is -2.26.